The molecule has 1 aromatic carbocycles. The molecule has 0 spiro atoms. The van der Waals surface area contributed by atoms with Crippen LogP contribution in [0.5, 0.6) is 0 Å². The number of anilines is 1. The van der Waals surface area contributed by atoms with Gasteiger partial charge in [-0.25, -0.2) is 0 Å². The Labute approximate surface area is 133 Å². The van der Waals surface area contributed by atoms with Gasteiger partial charge in [-0.3, -0.25) is 4.98 Å². The molecule has 0 N–H and O–H groups in total. The second-order valence-electron chi connectivity index (χ2n) is 6.16. The molecule has 3 rings (SSSR count). The molecule has 118 valence electrons. The van der Waals surface area contributed by atoms with Crippen molar-refractivity contribution in [2.45, 2.75) is 33.1 Å². The highest BCUT2D eigenvalue weighted by atomic mass is 16.5. The van der Waals surface area contributed by atoms with Gasteiger partial charge in [0.1, 0.15) is 0 Å². The summed E-state index contributed by atoms with van der Waals surface area (Å²) < 4.78 is 5.61. The molecule has 1 saturated heterocycles. The van der Waals surface area contributed by atoms with Crippen molar-refractivity contribution in [3.63, 3.8) is 0 Å². The summed E-state index contributed by atoms with van der Waals surface area (Å²) in [5, 5.41) is 1.28. The van der Waals surface area contributed by atoms with Crippen molar-refractivity contribution in [3.8, 4) is 0 Å². The van der Waals surface area contributed by atoms with Crippen molar-refractivity contribution in [1.29, 1.82) is 0 Å². The van der Waals surface area contributed by atoms with Gasteiger partial charge < -0.3 is 9.64 Å². The van der Waals surface area contributed by atoms with Crippen molar-refractivity contribution in [1.82, 2.24) is 4.98 Å². The number of aromatic nitrogens is 1. The Hall–Kier alpha value is -1.61. The van der Waals surface area contributed by atoms with Crippen molar-refractivity contribution >= 4 is 16.6 Å². The van der Waals surface area contributed by atoms with Crippen LogP contribution in [0.3, 0.4) is 0 Å². The van der Waals surface area contributed by atoms with E-state index in [0.29, 0.717) is 5.92 Å². The molecular weight excluding hydrogens is 272 g/mol. The Morgan fingerprint density at radius 2 is 2.14 bits per heavy atom. The molecular formula is C19H26N2O. The topological polar surface area (TPSA) is 25.4 Å². The molecule has 0 saturated carbocycles. The minimum atomic E-state index is 0.654. The van der Waals surface area contributed by atoms with Crippen LogP contribution in [0.1, 0.15) is 32.4 Å². The van der Waals surface area contributed by atoms with E-state index in [1.165, 1.54) is 23.2 Å². The molecule has 0 bridgehead atoms. The quantitative estimate of drug-likeness (QED) is 0.804. The third kappa shape index (κ3) is 3.25. The van der Waals surface area contributed by atoms with Gasteiger partial charge in [0.05, 0.1) is 12.1 Å². The number of aryl methyl sites for hydroxylation is 1. The smallest absolute Gasteiger partial charge is 0.0726 e. The average Bonchev–Trinajstić information content (AvgIpc) is 3.01. The second kappa shape index (κ2) is 7.10. The Morgan fingerprint density at radius 3 is 2.95 bits per heavy atom. The fraction of sp³-hybridized carbons (Fsp3) is 0.526. The van der Waals surface area contributed by atoms with Gasteiger partial charge in [-0.1, -0.05) is 31.5 Å². The van der Waals surface area contributed by atoms with Gasteiger partial charge in [-0.15, -0.1) is 0 Å². The van der Waals surface area contributed by atoms with E-state index < -0.39 is 0 Å². The molecule has 1 unspecified atom stereocenters. The number of hydrogen-bond donors (Lipinski definition) is 0. The summed E-state index contributed by atoms with van der Waals surface area (Å²) in [5.74, 6) is 0.654. The molecule has 0 amide bonds. The van der Waals surface area contributed by atoms with Gasteiger partial charge in [-0.2, -0.15) is 0 Å². The predicted octanol–water partition coefficient (Wildman–Crippen LogP) is 4.05. The lowest BCUT2D eigenvalue weighted by atomic mass is 10.1. The minimum absolute atomic E-state index is 0.654. The van der Waals surface area contributed by atoms with Gasteiger partial charge >= 0.3 is 0 Å². The highest BCUT2D eigenvalue weighted by Gasteiger charge is 2.24. The van der Waals surface area contributed by atoms with Crippen LogP contribution in [0.25, 0.3) is 10.9 Å². The molecule has 2 aromatic rings. The predicted molar refractivity (Wildman–Crippen MR) is 92.6 cm³/mol. The Bertz CT molecular complexity index is 626. The van der Waals surface area contributed by atoms with Gasteiger partial charge in [0.25, 0.3) is 0 Å². The summed E-state index contributed by atoms with van der Waals surface area (Å²) in [7, 11) is 0. The summed E-state index contributed by atoms with van der Waals surface area (Å²) in [6, 6.07) is 10.8. The normalized spacial score (nSPS) is 18.3. The third-order valence-electron chi connectivity index (χ3n) is 4.44. The SMILES string of the molecule is CCCc1cc(N2CCC(COCC)C2)c2ccccc2n1. The number of hydrogen-bond acceptors (Lipinski definition) is 3. The number of ether oxygens (including phenoxy) is 1. The van der Waals surface area contributed by atoms with E-state index in [2.05, 4.69) is 49.1 Å². The molecule has 1 aliphatic rings. The summed E-state index contributed by atoms with van der Waals surface area (Å²) in [5.41, 5.74) is 3.69. The summed E-state index contributed by atoms with van der Waals surface area (Å²) in [6.07, 6.45) is 3.41. The number of para-hydroxylation sites is 1. The number of rotatable bonds is 6. The lowest BCUT2D eigenvalue weighted by molar-refractivity contribution is 0.117. The first kappa shape index (κ1) is 15.3. The summed E-state index contributed by atoms with van der Waals surface area (Å²) in [4.78, 5) is 7.33. The Morgan fingerprint density at radius 1 is 1.27 bits per heavy atom. The number of benzene rings is 1. The lowest BCUT2D eigenvalue weighted by Gasteiger charge is -2.21. The maximum absolute atomic E-state index is 5.61. The lowest BCUT2D eigenvalue weighted by Crippen LogP contribution is -2.21. The van der Waals surface area contributed by atoms with Crippen LogP contribution in [0.15, 0.2) is 30.3 Å². The fourth-order valence-electron chi connectivity index (χ4n) is 3.33. The third-order valence-corrected chi connectivity index (χ3v) is 4.44. The Kier molecular flexibility index (Phi) is 4.94. The monoisotopic (exact) mass is 298 g/mol. The molecule has 1 aliphatic heterocycles. The fourth-order valence-corrected chi connectivity index (χ4v) is 3.33. The first-order chi connectivity index (χ1) is 10.8. The van der Waals surface area contributed by atoms with Crippen molar-refractivity contribution < 1.29 is 4.74 Å². The maximum atomic E-state index is 5.61. The standard InChI is InChI=1S/C19H26N2O/c1-3-7-16-12-19(17-8-5-6-9-18(17)20-16)21-11-10-15(13-21)14-22-4-2/h5-6,8-9,12,15H,3-4,7,10-11,13-14H2,1-2H3. The van der Waals surface area contributed by atoms with E-state index >= 15 is 0 Å². The molecule has 0 aliphatic carbocycles. The van der Waals surface area contributed by atoms with Crippen LogP contribution in [0, 0.1) is 5.92 Å². The van der Waals surface area contributed by atoms with E-state index in [0.717, 1.165) is 44.7 Å². The van der Waals surface area contributed by atoms with Crippen LogP contribution in [0.4, 0.5) is 5.69 Å². The number of nitrogens with zero attached hydrogens (tertiary/aromatic N) is 2. The van der Waals surface area contributed by atoms with Crippen molar-refractivity contribution in [2.24, 2.45) is 5.92 Å². The zero-order valence-corrected chi connectivity index (χ0v) is 13.7. The van der Waals surface area contributed by atoms with Gasteiger partial charge in [-0.05, 0) is 31.9 Å². The van der Waals surface area contributed by atoms with Crippen LogP contribution in [0.2, 0.25) is 0 Å². The van der Waals surface area contributed by atoms with Crippen LogP contribution in [-0.4, -0.2) is 31.3 Å². The van der Waals surface area contributed by atoms with Gasteiger partial charge in [0.15, 0.2) is 0 Å². The second-order valence-corrected chi connectivity index (χ2v) is 6.16. The highest BCUT2D eigenvalue weighted by Crippen LogP contribution is 2.31. The zero-order valence-electron chi connectivity index (χ0n) is 13.7. The molecule has 0 radical (unpaired) electrons. The van der Waals surface area contributed by atoms with E-state index in [1.54, 1.807) is 0 Å². The molecule has 3 nitrogen and oxygen atoms in total. The molecule has 1 aromatic heterocycles. The van der Waals surface area contributed by atoms with Gasteiger partial charge in [0.2, 0.25) is 0 Å². The van der Waals surface area contributed by atoms with Crippen LogP contribution < -0.4 is 4.90 Å². The largest absolute Gasteiger partial charge is 0.381 e. The van der Waals surface area contributed by atoms with E-state index in [9.17, 15) is 0 Å². The van der Waals surface area contributed by atoms with E-state index in [4.69, 9.17) is 9.72 Å². The van der Waals surface area contributed by atoms with Crippen molar-refractivity contribution in [2.75, 3.05) is 31.2 Å². The number of fused-ring (bicyclic) bond motifs is 1. The van der Waals surface area contributed by atoms with Crippen LogP contribution in [-0.2, 0) is 11.2 Å². The molecule has 22 heavy (non-hydrogen) atoms. The van der Waals surface area contributed by atoms with Crippen molar-refractivity contribution in [3.05, 3.63) is 36.0 Å². The van der Waals surface area contributed by atoms with Gasteiger partial charge in [0, 0.05) is 42.4 Å². The molecule has 1 atom stereocenters. The minimum Gasteiger partial charge on any atom is -0.381 e. The first-order valence-electron chi connectivity index (χ1n) is 8.53. The average molecular weight is 298 g/mol. The molecule has 2 heterocycles. The summed E-state index contributed by atoms with van der Waals surface area (Å²) in [6.45, 7) is 8.20. The Balaban J connectivity index is 1.89. The molecule has 1 fully saturated rings. The van der Waals surface area contributed by atoms with E-state index in [1.807, 2.05) is 0 Å². The maximum Gasteiger partial charge on any atom is 0.0726 e. The zero-order chi connectivity index (χ0) is 15.4. The summed E-state index contributed by atoms with van der Waals surface area (Å²) >= 11 is 0. The first-order valence-corrected chi connectivity index (χ1v) is 8.53. The van der Waals surface area contributed by atoms with E-state index in [-0.39, 0.29) is 0 Å². The highest BCUT2D eigenvalue weighted by molar-refractivity contribution is 5.92. The molecule has 3 heteroatoms. The number of pyridine rings is 1. The van der Waals surface area contributed by atoms with Crippen LogP contribution >= 0.6 is 0 Å².